The van der Waals surface area contributed by atoms with E-state index in [1.807, 2.05) is 62.4 Å². The van der Waals surface area contributed by atoms with E-state index in [1.54, 1.807) is 14.7 Å². The van der Waals surface area contributed by atoms with Crippen molar-refractivity contribution in [2.24, 2.45) is 0 Å². The number of carbonyl (C=O) groups is 3. The molecule has 0 atom stereocenters. The minimum atomic E-state index is -0.442. The Morgan fingerprint density at radius 3 is 2.26 bits per heavy atom. The third-order valence-electron chi connectivity index (χ3n) is 6.44. The van der Waals surface area contributed by atoms with Crippen molar-refractivity contribution in [2.45, 2.75) is 39.3 Å². The highest BCUT2D eigenvalue weighted by Gasteiger charge is 2.38. The first-order valence-electron chi connectivity index (χ1n) is 11.9. The number of piperidine rings is 1. The first-order chi connectivity index (χ1) is 16.4. The van der Waals surface area contributed by atoms with Crippen LogP contribution < -0.4 is 10.1 Å². The molecular formula is C26H32N4O4. The van der Waals surface area contributed by atoms with E-state index in [0.29, 0.717) is 57.9 Å². The molecule has 2 aromatic carbocycles. The summed E-state index contributed by atoms with van der Waals surface area (Å²) in [5, 5.41) is 2.91. The highest BCUT2D eigenvalue weighted by atomic mass is 16.5. The summed E-state index contributed by atoms with van der Waals surface area (Å²) in [6.45, 7) is 7.12. The summed E-state index contributed by atoms with van der Waals surface area (Å²) in [4.78, 5) is 43.3. The van der Waals surface area contributed by atoms with Crippen LogP contribution in [0, 0.1) is 6.92 Å². The highest BCUT2D eigenvalue weighted by Crippen LogP contribution is 2.22. The minimum Gasteiger partial charge on any atom is -0.494 e. The number of hydrogen-bond donors (Lipinski definition) is 1. The van der Waals surface area contributed by atoms with Crippen molar-refractivity contribution in [1.82, 2.24) is 14.7 Å². The maximum Gasteiger partial charge on any atom is 0.321 e. The van der Waals surface area contributed by atoms with Crippen molar-refractivity contribution >= 4 is 23.5 Å². The van der Waals surface area contributed by atoms with Gasteiger partial charge in [0, 0.05) is 44.5 Å². The molecule has 34 heavy (non-hydrogen) atoms. The van der Waals surface area contributed by atoms with Crippen LogP contribution in [-0.2, 0) is 16.1 Å². The second-order valence-corrected chi connectivity index (χ2v) is 8.82. The number of benzene rings is 2. The molecule has 8 nitrogen and oxygen atoms in total. The molecular weight excluding hydrogens is 432 g/mol. The van der Waals surface area contributed by atoms with Crippen LogP contribution in [0.1, 0.15) is 30.9 Å². The van der Waals surface area contributed by atoms with Gasteiger partial charge in [-0.15, -0.1) is 0 Å². The number of carbonyl (C=O) groups excluding carboxylic acids is 3. The molecule has 0 radical (unpaired) electrons. The van der Waals surface area contributed by atoms with E-state index in [1.165, 1.54) is 0 Å². The topological polar surface area (TPSA) is 82.2 Å². The van der Waals surface area contributed by atoms with E-state index in [0.717, 1.165) is 16.9 Å². The fourth-order valence-electron chi connectivity index (χ4n) is 4.49. The summed E-state index contributed by atoms with van der Waals surface area (Å²) in [7, 11) is 0. The number of urea groups is 1. The Morgan fingerprint density at radius 1 is 0.941 bits per heavy atom. The third-order valence-corrected chi connectivity index (χ3v) is 6.44. The second-order valence-electron chi connectivity index (χ2n) is 8.82. The Morgan fingerprint density at radius 2 is 1.62 bits per heavy atom. The Kier molecular flexibility index (Phi) is 7.35. The van der Waals surface area contributed by atoms with Crippen molar-refractivity contribution in [3.63, 3.8) is 0 Å². The van der Waals surface area contributed by atoms with Crippen molar-refractivity contribution in [1.29, 1.82) is 0 Å². The number of hydrogen-bond acceptors (Lipinski definition) is 4. The first-order valence-corrected chi connectivity index (χ1v) is 11.9. The second kappa shape index (κ2) is 10.6. The number of amides is 4. The number of nitrogens with zero attached hydrogens (tertiary/aromatic N) is 3. The molecule has 2 aromatic rings. The van der Waals surface area contributed by atoms with E-state index >= 15 is 0 Å². The summed E-state index contributed by atoms with van der Waals surface area (Å²) < 4.78 is 5.43. The monoisotopic (exact) mass is 464 g/mol. The maximum absolute atomic E-state index is 12.8. The largest absolute Gasteiger partial charge is 0.494 e. The minimum absolute atomic E-state index is 0.0208. The lowest BCUT2D eigenvalue weighted by molar-refractivity contribution is -0.158. The average molecular weight is 465 g/mol. The molecule has 4 rings (SSSR count). The molecule has 0 aliphatic carbocycles. The van der Waals surface area contributed by atoms with Gasteiger partial charge in [0.15, 0.2) is 0 Å². The molecule has 1 N–H and O–H groups in total. The van der Waals surface area contributed by atoms with Crippen molar-refractivity contribution < 1.29 is 19.1 Å². The van der Waals surface area contributed by atoms with Gasteiger partial charge in [0.25, 0.3) is 0 Å². The van der Waals surface area contributed by atoms with Crippen LogP contribution in [0.15, 0.2) is 48.5 Å². The van der Waals surface area contributed by atoms with Gasteiger partial charge in [-0.05, 0) is 56.5 Å². The van der Waals surface area contributed by atoms with Gasteiger partial charge in [-0.25, -0.2) is 4.79 Å². The third kappa shape index (κ3) is 5.50. The quantitative estimate of drug-likeness (QED) is 0.666. The molecule has 180 valence electrons. The van der Waals surface area contributed by atoms with Gasteiger partial charge < -0.3 is 24.8 Å². The molecule has 2 aliphatic rings. The Labute approximate surface area is 200 Å². The predicted molar refractivity (Wildman–Crippen MR) is 130 cm³/mol. The van der Waals surface area contributed by atoms with Crippen LogP contribution >= 0.6 is 0 Å². The molecule has 2 fully saturated rings. The highest BCUT2D eigenvalue weighted by molar-refractivity contribution is 6.35. The van der Waals surface area contributed by atoms with Crippen LogP contribution in [0.25, 0.3) is 0 Å². The van der Waals surface area contributed by atoms with Gasteiger partial charge in [-0.1, -0.05) is 29.8 Å². The lowest BCUT2D eigenvalue weighted by Crippen LogP contribution is -2.59. The Bertz CT molecular complexity index is 1010. The van der Waals surface area contributed by atoms with Crippen molar-refractivity contribution in [3.05, 3.63) is 59.7 Å². The molecule has 2 aliphatic heterocycles. The maximum atomic E-state index is 12.8. The first kappa shape index (κ1) is 23.6. The summed E-state index contributed by atoms with van der Waals surface area (Å²) >= 11 is 0. The molecule has 0 spiro atoms. The van der Waals surface area contributed by atoms with Gasteiger partial charge >= 0.3 is 17.8 Å². The summed E-state index contributed by atoms with van der Waals surface area (Å²) in [5.74, 6) is -0.113. The summed E-state index contributed by atoms with van der Waals surface area (Å²) in [6, 6.07) is 15.1. The van der Waals surface area contributed by atoms with Crippen LogP contribution in [0.4, 0.5) is 10.5 Å². The predicted octanol–water partition coefficient (Wildman–Crippen LogP) is 3.26. The SMILES string of the molecule is CCOc1ccc(NC(=O)N2CCC(N3CCN(Cc4ccc(C)cc4)C(=O)C3=O)CC2)cc1. The normalized spacial score (nSPS) is 17.2. The van der Waals surface area contributed by atoms with Crippen LogP contribution in [0.3, 0.4) is 0 Å². The van der Waals surface area contributed by atoms with E-state index in [4.69, 9.17) is 4.74 Å². The molecule has 2 saturated heterocycles. The van der Waals surface area contributed by atoms with Crippen molar-refractivity contribution in [3.8, 4) is 5.75 Å². The van der Waals surface area contributed by atoms with Gasteiger partial charge in [-0.2, -0.15) is 0 Å². The fourth-order valence-corrected chi connectivity index (χ4v) is 4.49. The summed E-state index contributed by atoms with van der Waals surface area (Å²) in [5.41, 5.74) is 2.89. The zero-order valence-corrected chi connectivity index (χ0v) is 19.8. The number of ether oxygens (including phenoxy) is 1. The van der Waals surface area contributed by atoms with Gasteiger partial charge in [0.05, 0.1) is 6.61 Å². The number of rotatable bonds is 6. The standard InChI is InChI=1S/C26H32N4O4/c1-3-34-23-10-8-21(9-11-23)27-26(33)28-14-12-22(13-15-28)30-17-16-29(24(31)25(30)32)18-20-6-4-19(2)5-7-20/h4-11,22H,3,12-18H2,1-2H3,(H,27,33). The van der Waals surface area contributed by atoms with Gasteiger partial charge in [-0.3, -0.25) is 9.59 Å². The molecule has 8 heteroatoms. The molecule has 2 heterocycles. The lowest BCUT2D eigenvalue weighted by Gasteiger charge is -2.42. The zero-order valence-electron chi connectivity index (χ0n) is 19.8. The number of piperazine rings is 1. The number of aryl methyl sites for hydroxylation is 1. The number of anilines is 1. The summed E-state index contributed by atoms with van der Waals surface area (Å²) in [6.07, 6.45) is 1.32. The number of likely N-dealkylation sites (tertiary alicyclic amines) is 1. The molecule has 0 aromatic heterocycles. The Balaban J connectivity index is 1.26. The smallest absolute Gasteiger partial charge is 0.321 e. The molecule has 4 amide bonds. The van der Waals surface area contributed by atoms with Crippen LogP contribution in [-0.4, -0.2) is 71.4 Å². The van der Waals surface area contributed by atoms with E-state index in [2.05, 4.69) is 5.32 Å². The van der Waals surface area contributed by atoms with Gasteiger partial charge in [0.2, 0.25) is 0 Å². The average Bonchev–Trinajstić information content (AvgIpc) is 2.85. The molecule has 0 unspecified atom stereocenters. The number of nitrogens with one attached hydrogen (secondary N) is 1. The van der Waals surface area contributed by atoms with Crippen LogP contribution in [0.2, 0.25) is 0 Å². The van der Waals surface area contributed by atoms with Gasteiger partial charge in [0.1, 0.15) is 5.75 Å². The van der Waals surface area contributed by atoms with Crippen LogP contribution in [0.5, 0.6) is 5.75 Å². The zero-order chi connectivity index (χ0) is 24.1. The molecule has 0 saturated carbocycles. The van der Waals surface area contributed by atoms with E-state index in [9.17, 15) is 14.4 Å². The van der Waals surface area contributed by atoms with E-state index in [-0.39, 0.29) is 12.1 Å². The lowest BCUT2D eigenvalue weighted by atomic mass is 10.0. The fraction of sp³-hybridized carbons (Fsp3) is 0.423. The van der Waals surface area contributed by atoms with E-state index < -0.39 is 11.8 Å². The Hall–Kier alpha value is -3.55. The molecule has 0 bridgehead atoms. The van der Waals surface area contributed by atoms with Crippen molar-refractivity contribution in [2.75, 3.05) is 38.1 Å².